The van der Waals surface area contributed by atoms with Gasteiger partial charge < -0.3 is 15.7 Å². The van der Waals surface area contributed by atoms with Crippen LogP contribution in [0.1, 0.15) is 57.4 Å². The van der Waals surface area contributed by atoms with Crippen molar-refractivity contribution in [2.24, 2.45) is 0 Å². The topological polar surface area (TPSA) is 101 Å². The number of pyridine rings is 1. The Balaban J connectivity index is 1.49. The summed E-state index contributed by atoms with van der Waals surface area (Å²) < 4.78 is 16.3. The van der Waals surface area contributed by atoms with Gasteiger partial charge in [0.15, 0.2) is 17.3 Å². The SMILES string of the molecule is O[C@H]1CC[C@H](Nc2ncc3nc(Nc4ncccc4F)n(C4CCCC4)c3n2)CC1. The van der Waals surface area contributed by atoms with Crippen LogP contribution in [0.3, 0.4) is 0 Å². The Morgan fingerprint density at radius 1 is 1.03 bits per heavy atom. The van der Waals surface area contributed by atoms with E-state index in [2.05, 4.69) is 30.2 Å². The maximum Gasteiger partial charge on any atom is 0.224 e. The lowest BCUT2D eigenvalue weighted by molar-refractivity contribution is 0.126. The van der Waals surface area contributed by atoms with Crippen molar-refractivity contribution in [3.05, 3.63) is 30.3 Å². The lowest BCUT2D eigenvalue weighted by atomic mass is 9.93. The molecule has 3 heterocycles. The molecule has 0 spiro atoms. The number of nitrogens with one attached hydrogen (secondary N) is 2. The minimum atomic E-state index is -0.421. The molecule has 0 unspecified atom stereocenters. The molecule has 3 aromatic rings. The molecule has 158 valence electrons. The van der Waals surface area contributed by atoms with E-state index in [0.29, 0.717) is 17.4 Å². The Bertz CT molecular complexity index is 1030. The number of imidazole rings is 1. The van der Waals surface area contributed by atoms with Crippen LogP contribution in [0, 0.1) is 5.82 Å². The summed E-state index contributed by atoms with van der Waals surface area (Å²) in [4.78, 5) is 18.0. The van der Waals surface area contributed by atoms with Gasteiger partial charge in [-0.05, 0) is 50.7 Å². The van der Waals surface area contributed by atoms with Gasteiger partial charge in [0, 0.05) is 18.3 Å². The number of nitrogens with zero attached hydrogens (tertiary/aromatic N) is 5. The van der Waals surface area contributed by atoms with Gasteiger partial charge in [0.25, 0.3) is 0 Å². The first kappa shape index (κ1) is 19.2. The average Bonchev–Trinajstić information content (AvgIpc) is 3.38. The third kappa shape index (κ3) is 3.81. The highest BCUT2D eigenvalue weighted by Crippen LogP contribution is 2.36. The van der Waals surface area contributed by atoms with Crippen LogP contribution in [-0.2, 0) is 0 Å². The predicted octanol–water partition coefficient (Wildman–Crippen LogP) is 3.93. The van der Waals surface area contributed by atoms with E-state index >= 15 is 0 Å². The Kier molecular flexibility index (Phi) is 5.20. The summed E-state index contributed by atoms with van der Waals surface area (Å²) >= 11 is 0. The Hall–Kier alpha value is -2.81. The Morgan fingerprint density at radius 3 is 2.60 bits per heavy atom. The van der Waals surface area contributed by atoms with E-state index in [1.807, 2.05) is 0 Å². The molecule has 2 fully saturated rings. The third-order valence-corrected chi connectivity index (χ3v) is 6.14. The fraction of sp³-hybridized carbons (Fsp3) is 0.524. The van der Waals surface area contributed by atoms with Crippen LogP contribution in [0.5, 0.6) is 0 Å². The summed E-state index contributed by atoms with van der Waals surface area (Å²) in [5.74, 6) is 0.843. The van der Waals surface area contributed by atoms with Crippen LogP contribution in [0.2, 0.25) is 0 Å². The molecule has 8 nitrogen and oxygen atoms in total. The maximum atomic E-state index is 14.2. The monoisotopic (exact) mass is 411 g/mol. The Morgan fingerprint density at radius 2 is 1.83 bits per heavy atom. The molecule has 2 saturated carbocycles. The first-order valence-corrected chi connectivity index (χ1v) is 10.7. The summed E-state index contributed by atoms with van der Waals surface area (Å²) in [6.07, 6.45) is 10.8. The molecule has 9 heteroatoms. The number of hydrogen-bond acceptors (Lipinski definition) is 7. The highest BCUT2D eigenvalue weighted by molar-refractivity contribution is 5.76. The van der Waals surface area contributed by atoms with E-state index < -0.39 is 5.82 Å². The molecule has 5 rings (SSSR count). The molecular weight excluding hydrogens is 385 g/mol. The second-order valence-corrected chi connectivity index (χ2v) is 8.25. The van der Waals surface area contributed by atoms with Gasteiger partial charge in [0.1, 0.15) is 5.52 Å². The zero-order chi connectivity index (χ0) is 20.5. The second kappa shape index (κ2) is 8.14. The number of aromatic nitrogens is 5. The van der Waals surface area contributed by atoms with E-state index in [0.717, 1.165) is 57.0 Å². The van der Waals surface area contributed by atoms with Crippen molar-refractivity contribution in [1.29, 1.82) is 0 Å². The fourth-order valence-electron chi connectivity index (χ4n) is 4.54. The van der Waals surface area contributed by atoms with Gasteiger partial charge in [-0.2, -0.15) is 4.98 Å². The number of halogens is 1. The van der Waals surface area contributed by atoms with Crippen LogP contribution in [0.25, 0.3) is 11.2 Å². The molecule has 3 aromatic heterocycles. The van der Waals surface area contributed by atoms with Crippen LogP contribution in [0.15, 0.2) is 24.5 Å². The molecule has 2 aliphatic carbocycles. The van der Waals surface area contributed by atoms with Gasteiger partial charge in [0.2, 0.25) is 11.9 Å². The number of fused-ring (bicyclic) bond motifs is 1. The number of aliphatic hydroxyl groups is 1. The summed E-state index contributed by atoms with van der Waals surface area (Å²) in [6.45, 7) is 0. The van der Waals surface area contributed by atoms with E-state index in [1.165, 1.54) is 6.07 Å². The van der Waals surface area contributed by atoms with Crippen LogP contribution >= 0.6 is 0 Å². The van der Waals surface area contributed by atoms with Gasteiger partial charge in [-0.3, -0.25) is 4.57 Å². The van der Waals surface area contributed by atoms with Crippen LogP contribution in [0.4, 0.5) is 22.1 Å². The minimum absolute atomic E-state index is 0.152. The molecular formula is C21H26FN7O. The first-order chi connectivity index (χ1) is 14.7. The summed E-state index contributed by atoms with van der Waals surface area (Å²) in [6, 6.07) is 3.46. The van der Waals surface area contributed by atoms with E-state index in [1.54, 1.807) is 18.5 Å². The largest absolute Gasteiger partial charge is 0.393 e. The molecule has 3 N–H and O–H groups in total. The van der Waals surface area contributed by atoms with Crippen molar-refractivity contribution in [1.82, 2.24) is 24.5 Å². The summed E-state index contributed by atoms with van der Waals surface area (Å²) in [5.41, 5.74) is 1.42. The standard InChI is InChI=1S/C21H26FN7O/c22-16-6-3-11-23-18(16)27-21-26-17-12-24-20(25-13-7-9-15(30)10-8-13)28-19(17)29(21)14-4-1-2-5-14/h3,6,11-15,30H,1-2,4-5,7-10H2,(H,23,26,27)(H,24,25,28)/t13-,15-. The van der Waals surface area contributed by atoms with Gasteiger partial charge in [-0.25, -0.2) is 19.3 Å². The van der Waals surface area contributed by atoms with E-state index in [-0.39, 0.29) is 24.0 Å². The molecule has 0 atom stereocenters. The van der Waals surface area contributed by atoms with Gasteiger partial charge in [-0.15, -0.1) is 0 Å². The van der Waals surface area contributed by atoms with E-state index in [4.69, 9.17) is 4.98 Å². The number of aliphatic hydroxyl groups excluding tert-OH is 1. The molecule has 0 aromatic carbocycles. The van der Waals surface area contributed by atoms with Gasteiger partial charge in [0.05, 0.1) is 12.3 Å². The lowest BCUT2D eigenvalue weighted by Crippen LogP contribution is -2.29. The van der Waals surface area contributed by atoms with Crippen molar-refractivity contribution in [3.63, 3.8) is 0 Å². The predicted molar refractivity (Wildman–Crippen MR) is 112 cm³/mol. The normalized spacial score (nSPS) is 22.5. The third-order valence-electron chi connectivity index (χ3n) is 6.14. The van der Waals surface area contributed by atoms with Crippen molar-refractivity contribution >= 4 is 28.9 Å². The Labute approximate surface area is 174 Å². The zero-order valence-electron chi connectivity index (χ0n) is 16.8. The van der Waals surface area contributed by atoms with Crippen molar-refractivity contribution < 1.29 is 9.50 Å². The summed E-state index contributed by atoms with van der Waals surface area (Å²) in [5, 5.41) is 16.2. The summed E-state index contributed by atoms with van der Waals surface area (Å²) in [7, 11) is 0. The molecule has 0 radical (unpaired) electrons. The lowest BCUT2D eigenvalue weighted by Gasteiger charge is -2.26. The van der Waals surface area contributed by atoms with Crippen LogP contribution in [-0.4, -0.2) is 41.8 Å². The van der Waals surface area contributed by atoms with Crippen molar-refractivity contribution in [2.45, 2.75) is 69.6 Å². The molecule has 0 amide bonds. The molecule has 0 bridgehead atoms. The highest BCUT2D eigenvalue weighted by atomic mass is 19.1. The zero-order valence-corrected chi connectivity index (χ0v) is 16.8. The van der Waals surface area contributed by atoms with Crippen molar-refractivity contribution in [3.8, 4) is 0 Å². The quantitative estimate of drug-likeness (QED) is 0.585. The molecule has 0 saturated heterocycles. The number of hydrogen-bond donors (Lipinski definition) is 3. The van der Waals surface area contributed by atoms with Gasteiger partial charge >= 0.3 is 0 Å². The van der Waals surface area contributed by atoms with Gasteiger partial charge in [-0.1, -0.05) is 12.8 Å². The second-order valence-electron chi connectivity index (χ2n) is 8.25. The van der Waals surface area contributed by atoms with Crippen molar-refractivity contribution in [2.75, 3.05) is 10.6 Å². The average molecular weight is 411 g/mol. The number of rotatable bonds is 5. The minimum Gasteiger partial charge on any atom is -0.393 e. The number of anilines is 3. The van der Waals surface area contributed by atoms with E-state index in [9.17, 15) is 9.50 Å². The molecule has 2 aliphatic rings. The fourth-order valence-corrected chi connectivity index (χ4v) is 4.54. The van der Waals surface area contributed by atoms with Crippen LogP contribution < -0.4 is 10.6 Å². The molecule has 30 heavy (non-hydrogen) atoms. The highest BCUT2D eigenvalue weighted by Gasteiger charge is 2.25. The first-order valence-electron chi connectivity index (χ1n) is 10.7. The molecule has 0 aliphatic heterocycles. The smallest absolute Gasteiger partial charge is 0.224 e. The maximum absolute atomic E-state index is 14.2.